The minimum Gasteiger partial charge on any atom is -0.454 e. The van der Waals surface area contributed by atoms with Crippen molar-refractivity contribution in [1.29, 1.82) is 0 Å². The highest BCUT2D eigenvalue weighted by Gasteiger charge is 2.21. The number of aromatic nitrogens is 1. The second-order valence-electron chi connectivity index (χ2n) is 15.3. The van der Waals surface area contributed by atoms with E-state index in [9.17, 15) is 0 Å². The fourth-order valence-corrected chi connectivity index (χ4v) is 9.14. The first-order valence-corrected chi connectivity index (χ1v) is 20.2. The van der Waals surface area contributed by atoms with Crippen LogP contribution in [0, 0.1) is 0 Å². The van der Waals surface area contributed by atoms with Crippen molar-refractivity contribution in [1.82, 2.24) is 4.57 Å². The minimum atomic E-state index is 0.863. The summed E-state index contributed by atoms with van der Waals surface area (Å²) in [6, 6.07) is 78.6. The van der Waals surface area contributed by atoms with Gasteiger partial charge in [0.05, 0.1) is 16.7 Å². The van der Waals surface area contributed by atoms with E-state index in [1.807, 2.05) is 0 Å². The number of para-hydroxylation sites is 3. The summed E-state index contributed by atoms with van der Waals surface area (Å²) in [4.78, 5) is 2.33. The number of furan rings is 1. The topological polar surface area (TPSA) is 21.3 Å². The van der Waals surface area contributed by atoms with Crippen LogP contribution >= 0.6 is 0 Å². The molecule has 10 aromatic carbocycles. The van der Waals surface area contributed by atoms with Gasteiger partial charge in [-0.2, -0.15) is 0 Å². The van der Waals surface area contributed by atoms with Gasteiger partial charge in [-0.15, -0.1) is 0 Å². The molecule has 2 heterocycles. The van der Waals surface area contributed by atoms with Gasteiger partial charge in [-0.05, 0) is 117 Å². The van der Waals surface area contributed by atoms with Crippen molar-refractivity contribution in [3.05, 3.63) is 218 Å². The Kier molecular flexibility index (Phi) is 7.54. The highest BCUT2D eigenvalue weighted by molar-refractivity contribution is 6.21. The van der Waals surface area contributed by atoms with Gasteiger partial charge in [-0.25, -0.2) is 0 Å². The minimum absolute atomic E-state index is 0.863. The average Bonchev–Trinajstić information content (AvgIpc) is 3.86. The molecule has 3 nitrogen and oxygen atoms in total. The fraction of sp³-hybridized carbons (Fsp3) is 0. The van der Waals surface area contributed by atoms with E-state index in [2.05, 4.69) is 228 Å². The van der Waals surface area contributed by atoms with Crippen molar-refractivity contribution in [2.75, 3.05) is 4.90 Å². The lowest BCUT2D eigenvalue weighted by molar-refractivity contribution is 0.669. The summed E-state index contributed by atoms with van der Waals surface area (Å²) in [6.07, 6.45) is 0. The summed E-state index contributed by atoms with van der Waals surface area (Å²) in [5.74, 6) is 0. The molecule has 0 bridgehead atoms. The first kappa shape index (κ1) is 33.3. The fourth-order valence-electron chi connectivity index (χ4n) is 9.14. The van der Waals surface area contributed by atoms with E-state index in [4.69, 9.17) is 4.42 Å². The zero-order valence-electron chi connectivity index (χ0n) is 32.1. The number of benzene rings is 10. The van der Waals surface area contributed by atoms with Crippen LogP contribution in [0.15, 0.2) is 223 Å². The van der Waals surface area contributed by atoms with E-state index >= 15 is 0 Å². The lowest BCUT2D eigenvalue weighted by Gasteiger charge is -2.26. The summed E-state index contributed by atoms with van der Waals surface area (Å²) < 4.78 is 9.17. The quantitative estimate of drug-likeness (QED) is 0.169. The molecule has 0 amide bonds. The number of hydrogen-bond donors (Lipinski definition) is 0. The molecule has 0 saturated heterocycles. The lowest BCUT2D eigenvalue weighted by atomic mass is 10.00. The van der Waals surface area contributed by atoms with Crippen LogP contribution in [-0.2, 0) is 0 Å². The maximum atomic E-state index is 6.81. The van der Waals surface area contributed by atoms with E-state index in [-0.39, 0.29) is 0 Å². The third kappa shape index (κ3) is 5.44. The van der Waals surface area contributed by atoms with Crippen LogP contribution < -0.4 is 4.90 Å². The van der Waals surface area contributed by atoms with Crippen molar-refractivity contribution in [3.63, 3.8) is 0 Å². The van der Waals surface area contributed by atoms with Crippen LogP contribution in [-0.4, -0.2) is 4.57 Å². The SMILES string of the molecule is c1ccc(-n2c3ccccc3c3cc(-c4ccc(N(c5ccc(-c6ccc7ccccc7c6)cc5)c5cccc6c5oc5ccc7ccccc7c56)cc4)ccc32)cc1. The largest absolute Gasteiger partial charge is 0.454 e. The highest BCUT2D eigenvalue weighted by Crippen LogP contribution is 2.45. The molecule has 0 aliphatic rings. The average molecular weight is 753 g/mol. The van der Waals surface area contributed by atoms with Gasteiger partial charge in [0.15, 0.2) is 5.58 Å². The van der Waals surface area contributed by atoms with Gasteiger partial charge in [0.2, 0.25) is 0 Å². The molecule has 276 valence electrons. The Morgan fingerprint density at radius 1 is 0.356 bits per heavy atom. The van der Waals surface area contributed by atoms with Gasteiger partial charge in [0, 0.05) is 38.6 Å². The third-order valence-electron chi connectivity index (χ3n) is 12.0. The first-order chi connectivity index (χ1) is 29.2. The van der Waals surface area contributed by atoms with Crippen LogP contribution in [0.4, 0.5) is 17.1 Å². The van der Waals surface area contributed by atoms with E-state index < -0.39 is 0 Å². The zero-order chi connectivity index (χ0) is 38.9. The maximum Gasteiger partial charge on any atom is 0.159 e. The smallest absolute Gasteiger partial charge is 0.159 e. The Bertz CT molecular complexity index is 3540. The standard InChI is InChI=1S/C56H36N2O/c1-2-14-44(15-3-1)58-51-19-9-8-17-48(51)50-36-43(27-33-52(50)58)39-25-31-46(32-26-39)57(45-29-23-38(24-30-45)42-22-21-37-11-4-5-13-41(37)35-42)53-20-10-18-49-55-47-16-7-6-12-40(47)28-34-54(55)59-56(49)53/h1-36H. The molecule has 0 atom stereocenters. The molecule has 0 unspecified atom stereocenters. The number of fused-ring (bicyclic) bond motifs is 9. The monoisotopic (exact) mass is 752 g/mol. The van der Waals surface area contributed by atoms with Crippen LogP contribution in [0.3, 0.4) is 0 Å². The molecule has 12 rings (SSSR count). The summed E-state index contributed by atoms with van der Waals surface area (Å²) in [5, 5.41) is 9.61. The molecule has 2 aromatic heterocycles. The van der Waals surface area contributed by atoms with Crippen molar-refractivity contribution >= 4 is 82.4 Å². The lowest BCUT2D eigenvalue weighted by Crippen LogP contribution is -2.10. The molecular weight excluding hydrogens is 717 g/mol. The molecule has 59 heavy (non-hydrogen) atoms. The second kappa shape index (κ2) is 13.4. The Morgan fingerprint density at radius 3 is 1.71 bits per heavy atom. The Morgan fingerprint density at radius 2 is 0.932 bits per heavy atom. The molecule has 0 saturated carbocycles. The van der Waals surface area contributed by atoms with Crippen LogP contribution in [0.5, 0.6) is 0 Å². The number of rotatable bonds is 6. The van der Waals surface area contributed by atoms with Crippen LogP contribution in [0.1, 0.15) is 0 Å². The Hall–Kier alpha value is -7.88. The summed E-state index contributed by atoms with van der Waals surface area (Å²) in [5.41, 5.74) is 13.1. The predicted octanol–water partition coefficient (Wildman–Crippen LogP) is 15.8. The second-order valence-corrected chi connectivity index (χ2v) is 15.3. The van der Waals surface area contributed by atoms with Gasteiger partial charge in [0.25, 0.3) is 0 Å². The summed E-state index contributed by atoms with van der Waals surface area (Å²) in [6.45, 7) is 0. The van der Waals surface area contributed by atoms with Crippen LogP contribution in [0.2, 0.25) is 0 Å². The van der Waals surface area contributed by atoms with E-state index in [0.29, 0.717) is 0 Å². The van der Waals surface area contributed by atoms with E-state index in [1.54, 1.807) is 0 Å². The molecule has 0 radical (unpaired) electrons. The van der Waals surface area contributed by atoms with Gasteiger partial charge in [0.1, 0.15) is 5.58 Å². The molecular formula is C56H36N2O. The number of nitrogens with zero attached hydrogens (tertiary/aromatic N) is 2. The van der Waals surface area contributed by atoms with Crippen molar-refractivity contribution in [2.24, 2.45) is 0 Å². The highest BCUT2D eigenvalue weighted by atomic mass is 16.3. The molecule has 0 aliphatic heterocycles. The van der Waals surface area contributed by atoms with Gasteiger partial charge in [-0.1, -0.05) is 146 Å². The zero-order valence-corrected chi connectivity index (χ0v) is 32.1. The Balaban J connectivity index is 0.992. The third-order valence-corrected chi connectivity index (χ3v) is 12.0. The molecule has 12 aromatic rings. The molecule has 0 aliphatic carbocycles. The van der Waals surface area contributed by atoms with Crippen molar-refractivity contribution < 1.29 is 4.42 Å². The molecule has 0 N–H and O–H groups in total. The first-order valence-electron chi connectivity index (χ1n) is 20.2. The van der Waals surface area contributed by atoms with E-state index in [1.165, 1.54) is 60.0 Å². The Labute approximate surface area is 341 Å². The molecule has 0 fully saturated rings. The molecule has 0 spiro atoms. The van der Waals surface area contributed by atoms with Crippen molar-refractivity contribution in [3.8, 4) is 27.9 Å². The van der Waals surface area contributed by atoms with Crippen LogP contribution in [0.25, 0.3) is 93.2 Å². The van der Waals surface area contributed by atoms with E-state index in [0.717, 1.165) is 50.3 Å². The number of hydrogen-bond acceptors (Lipinski definition) is 2. The molecule has 3 heteroatoms. The predicted molar refractivity (Wildman–Crippen MR) is 249 cm³/mol. The van der Waals surface area contributed by atoms with Crippen molar-refractivity contribution in [2.45, 2.75) is 0 Å². The van der Waals surface area contributed by atoms with Gasteiger partial charge >= 0.3 is 0 Å². The normalized spacial score (nSPS) is 11.7. The summed E-state index contributed by atoms with van der Waals surface area (Å²) in [7, 11) is 0. The maximum absolute atomic E-state index is 6.81. The van der Waals surface area contributed by atoms with Gasteiger partial charge < -0.3 is 13.9 Å². The summed E-state index contributed by atoms with van der Waals surface area (Å²) >= 11 is 0. The van der Waals surface area contributed by atoms with Gasteiger partial charge in [-0.3, -0.25) is 0 Å². The number of anilines is 3.